The third kappa shape index (κ3) is 5.26. The summed E-state index contributed by atoms with van der Waals surface area (Å²) in [7, 11) is -4.00. The van der Waals surface area contributed by atoms with Crippen molar-refractivity contribution in [1.82, 2.24) is 5.16 Å². The van der Waals surface area contributed by atoms with Crippen LogP contribution >= 0.6 is 0 Å². The Hall–Kier alpha value is -2.84. The monoisotopic (exact) mass is 444 g/mol. The Morgan fingerprint density at radius 1 is 1.13 bits per heavy atom. The molecule has 2 aromatic carbocycles. The van der Waals surface area contributed by atoms with Crippen LogP contribution in [0.4, 0.5) is 5.88 Å². The van der Waals surface area contributed by atoms with E-state index >= 15 is 0 Å². The van der Waals surface area contributed by atoms with Crippen LogP contribution in [0.3, 0.4) is 0 Å². The number of hydrogen-bond acceptors (Lipinski definition) is 6. The average Bonchev–Trinajstić information content (AvgIpc) is 3.04. The fourth-order valence-corrected chi connectivity index (χ4v) is 4.55. The molecule has 0 aliphatic rings. The summed E-state index contributed by atoms with van der Waals surface area (Å²) in [4.78, 5) is 0.0491. The highest BCUT2D eigenvalue weighted by molar-refractivity contribution is 7.92. The highest BCUT2D eigenvalue weighted by atomic mass is 32.2. The Labute approximate surface area is 183 Å². The van der Waals surface area contributed by atoms with Crippen LogP contribution in [0.25, 0.3) is 11.1 Å². The molecule has 0 radical (unpaired) electrons. The summed E-state index contributed by atoms with van der Waals surface area (Å²) in [5, 5.41) is 13.0. The van der Waals surface area contributed by atoms with E-state index in [4.69, 9.17) is 9.26 Å². The number of benzene rings is 2. The zero-order chi connectivity index (χ0) is 22.6. The normalized spacial score (nSPS) is 11.7. The van der Waals surface area contributed by atoms with Gasteiger partial charge in [0.1, 0.15) is 12.4 Å². The highest BCUT2D eigenvalue weighted by Gasteiger charge is 2.25. The van der Waals surface area contributed by atoms with Crippen molar-refractivity contribution < 1.29 is 22.8 Å². The van der Waals surface area contributed by atoms with Gasteiger partial charge in [-0.1, -0.05) is 49.3 Å². The zero-order valence-corrected chi connectivity index (χ0v) is 19.0. The second-order valence-electron chi connectivity index (χ2n) is 7.82. The summed E-state index contributed by atoms with van der Waals surface area (Å²) in [6.07, 6.45) is 0.930. The minimum atomic E-state index is -4.00. The molecule has 0 aliphatic carbocycles. The summed E-state index contributed by atoms with van der Waals surface area (Å²) < 4.78 is 39.9. The van der Waals surface area contributed by atoms with E-state index < -0.39 is 10.0 Å². The van der Waals surface area contributed by atoms with Gasteiger partial charge in [-0.15, -0.1) is 0 Å². The Morgan fingerprint density at radius 3 is 2.42 bits per heavy atom. The van der Waals surface area contributed by atoms with Crippen LogP contribution in [-0.2, 0) is 16.4 Å². The van der Waals surface area contributed by atoms with E-state index in [0.29, 0.717) is 34.1 Å². The first-order valence-corrected chi connectivity index (χ1v) is 11.6. The van der Waals surface area contributed by atoms with Crippen LogP contribution in [-0.4, -0.2) is 31.9 Å². The van der Waals surface area contributed by atoms with Gasteiger partial charge in [0.25, 0.3) is 10.0 Å². The van der Waals surface area contributed by atoms with Gasteiger partial charge in [-0.25, -0.2) is 13.1 Å². The zero-order valence-electron chi connectivity index (χ0n) is 18.2. The van der Waals surface area contributed by atoms with E-state index in [1.165, 1.54) is 11.6 Å². The van der Waals surface area contributed by atoms with Crippen molar-refractivity contribution in [3.63, 3.8) is 0 Å². The summed E-state index contributed by atoms with van der Waals surface area (Å²) >= 11 is 0. The van der Waals surface area contributed by atoms with Crippen LogP contribution in [0.2, 0.25) is 0 Å². The van der Waals surface area contributed by atoms with Crippen molar-refractivity contribution in [2.24, 2.45) is 5.92 Å². The summed E-state index contributed by atoms with van der Waals surface area (Å²) in [5.74, 6) is 0.969. The van der Waals surface area contributed by atoms with Crippen LogP contribution in [0.5, 0.6) is 5.75 Å². The second-order valence-corrected chi connectivity index (χ2v) is 9.47. The Kier molecular flexibility index (Phi) is 7.02. The number of anilines is 1. The molecule has 8 heteroatoms. The van der Waals surface area contributed by atoms with Gasteiger partial charge in [0.05, 0.1) is 17.2 Å². The topological polar surface area (TPSA) is 102 Å². The number of nitrogens with zero attached hydrogens (tertiary/aromatic N) is 1. The van der Waals surface area contributed by atoms with Gasteiger partial charge >= 0.3 is 0 Å². The van der Waals surface area contributed by atoms with E-state index in [1.54, 1.807) is 26.0 Å². The molecule has 31 heavy (non-hydrogen) atoms. The first-order valence-electron chi connectivity index (χ1n) is 10.1. The molecule has 1 aromatic heterocycles. The van der Waals surface area contributed by atoms with Gasteiger partial charge in [0, 0.05) is 11.1 Å². The molecule has 166 valence electrons. The molecule has 0 fully saturated rings. The van der Waals surface area contributed by atoms with E-state index in [9.17, 15) is 13.5 Å². The van der Waals surface area contributed by atoms with Crippen molar-refractivity contribution >= 4 is 15.9 Å². The van der Waals surface area contributed by atoms with Gasteiger partial charge in [-0.3, -0.25) is 0 Å². The lowest BCUT2D eigenvalue weighted by atomic mass is 9.98. The smallest absolute Gasteiger partial charge is 0.265 e. The van der Waals surface area contributed by atoms with Crippen molar-refractivity contribution in [2.45, 2.75) is 39.0 Å². The Balaban J connectivity index is 2.09. The molecular weight excluding hydrogens is 416 g/mol. The van der Waals surface area contributed by atoms with Crippen LogP contribution in [0, 0.1) is 19.8 Å². The third-order valence-corrected chi connectivity index (χ3v) is 6.27. The largest absolute Gasteiger partial charge is 0.491 e. The molecule has 0 bridgehead atoms. The molecule has 0 aliphatic heterocycles. The summed E-state index contributed by atoms with van der Waals surface area (Å²) in [6, 6.07) is 12.6. The van der Waals surface area contributed by atoms with Crippen molar-refractivity contribution in [3.05, 3.63) is 59.3 Å². The number of aromatic nitrogens is 1. The maximum absolute atomic E-state index is 13.3. The SMILES string of the molecule is Cc1noc(NS(=O)(=O)c2cccc(OCCO)c2-c2ccc(CC(C)C)cc2)c1C. The molecule has 1 heterocycles. The van der Waals surface area contributed by atoms with E-state index in [0.717, 1.165) is 6.42 Å². The number of hydrogen-bond donors (Lipinski definition) is 2. The predicted molar refractivity (Wildman–Crippen MR) is 120 cm³/mol. The number of aliphatic hydroxyl groups is 1. The summed E-state index contributed by atoms with van der Waals surface area (Å²) in [6.45, 7) is 7.64. The first-order chi connectivity index (χ1) is 14.7. The first kappa shape index (κ1) is 22.8. The average molecular weight is 445 g/mol. The van der Waals surface area contributed by atoms with Gasteiger partial charge in [-0.05, 0) is 49.4 Å². The molecular formula is C23H28N2O5S. The van der Waals surface area contributed by atoms with E-state index in [-0.39, 0.29) is 24.0 Å². The number of nitrogens with one attached hydrogen (secondary N) is 1. The second kappa shape index (κ2) is 9.53. The summed E-state index contributed by atoms with van der Waals surface area (Å²) in [5.41, 5.74) is 3.53. The fourth-order valence-electron chi connectivity index (χ4n) is 3.26. The number of sulfonamides is 1. The molecule has 0 spiro atoms. The maximum atomic E-state index is 13.3. The number of ether oxygens (including phenoxy) is 1. The number of aliphatic hydroxyl groups excluding tert-OH is 1. The lowest BCUT2D eigenvalue weighted by Crippen LogP contribution is -2.15. The van der Waals surface area contributed by atoms with Crippen molar-refractivity contribution in [3.8, 4) is 16.9 Å². The minimum Gasteiger partial charge on any atom is -0.491 e. The number of rotatable bonds is 9. The fraction of sp³-hybridized carbons (Fsp3) is 0.348. The molecule has 3 aromatic rings. The van der Waals surface area contributed by atoms with Crippen LogP contribution in [0.1, 0.15) is 30.7 Å². The van der Waals surface area contributed by atoms with Gasteiger partial charge in [-0.2, -0.15) is 0 Å². The van der Waals surface area contributed by atoms with Crippen LogP contribution < -0.4 is 9.46 Å². The van der Waals surface area contributed by atoms with Crippen molar-refractivity contribution in [1.29, 1.82) is 0 Å². The molecule has 2 N–H and O–H groups in total. The molecule has 0 unspecified atom stereocenters. The molecule has 0 atom stereocenters. The van der Waals surface area contributed by atoms with Crippen LogP contribution in [0.15, 0.2) is 51.9 Å². The quantitative estimate of drug-likeness (QED) is 0.509. The molecule has 0 saturated carbocycles. The maximum Gasteiger partial charge on any atom is 0.265 e. The van der Waals surface area contributed by atoms with E-state index in [1.807, 2.05) is 24.3 Å². The van der Waals surface area contributed by atoms with E-state index in [2.05, 4.69) is 23.7 Å². The highest BCUT2D eigenvalue weighted by Crippen LogP contribution is 2.37. The third-order valence-electron chi connectivity index (χ3n) is 4.90. The molecule has 0 amide bonds. The molecule has 3 rings (SSSR count). The van der Waals surface area contributed by atoms with Gasteiger partial charge in [0.2, 0.25) is 5.88 Å². The molecule has 0 saturated heterocycles. The lowest BCUT2D eigenvalue weighted by molar-refractivity contribution is 0.201. The molecule has 7 nitrogen and oxygen atoms in total. The Bertz CT molecular complexity index is 1140. The van der Waals surface area contributed by atoms with Crippen molar-refractivity contribution in [2.75, 3.05) is 17.9 Å². The standard InChI is InChI=1S/C23H28N2O5S/c1-15(2)14-18-8-10-19(11-9-18)22-20(29-13-12-26)6-5-7-21(22)31(27,28)25-23-16(3)17(4)24-30-23/h5-11,15,25-26H,12-14H2,1-4H3. The minimum absolute atomic E-state index is 0.0491. The van der Waals surface area contributed by atoms with Gasteiger partial charge < -0.3 is 14.4 Å². The number of aryl methyl sites for hydroxylation is 1. The predicted octanol–water partition coefficient (Wildman–Crippen LogP) is 4.33. The van der Waals surface area contributed by atoms with Gasteiger partial charge in [0.15, 0.2) is 0 Å². The Morgan fingerprint density at radius 2 is 1.84 bits per heavy atom. The lowest BCUT2D eigenvalue weighted by Gasteiger charge is -2.17.